The second kappa shape index (κ2) is 15.9. The van der Waals surface area contributed by atoms with Gasteiger partial charge in [0.2, 0.25) is 0 Å². The van der Waals surface area contributed by atoms with E-state index < -0.39 is 30.7 Å². The van der Waals surface area contributed by atoms with Crippen LogP contribution in [0, 0.1) is 5.92 Å². The van der Waals surface area contributed by atoms with Crippen LogP contribution in [0.25, 0.3) is 0 Å². The summed E-state index contributed by atoms with van der Waals surface area (Å²) in [7, 11) is 0. The quantitative estimate of drug-likeness (QED) is 0.295. The maximum atomic E-state index is 12.2. The second-order valence-electron chi connectivity index (χ2n) is 6.69. The second-order valence-corrected chi connectivity index (χ2v) is 6.69. The lowest BCUT2D eigenvalue weighted by atomic mass is 9.91. The van der Waals surface area contributed by atoms with Gasteiger partial charge in [-0.1, -0.05) is 71.6 Å². The first-order valence-corrected chi connectivity index (χ1v) is 9.70. The molecule has 5 heteroatoms. The smallest absolute Gasteiger partial charge is 0.311 e. The summed E-state index contributed by atoms with van der Waals surface area (Å²) in [5, 5.41) is 28.5. The molecule has 0 fully saturated rings. The molecule has 0 saturated heterocycles. The minimum atomic E-state index is -1.05. The fourth-order valence-electron chi connectivity index (χ4n) is 2.75. The maximum absolute atomic E-state index is 12.2. The largest absolute Gasteiger partial charge is 0.463 e. The summed E-state index contributed by atoms with van der Waals surface area (Å²) in [4.78, 5) is 12.2. The highest BCUT2D eigenvalue weighted by Gasteiger charge is 2.28. The molecule has 24 heavy (non-hydrogen) atoms. The molecule has 0 aliphatic carbocycles. The van der Waals surface area contributed by atoms with Gasteiger partial charge in [0.1, 0.15) is 12.7 Å². The molecule has 0 aromatic carbocycles. The number of hydrogen-bond donors (Lipinski definition) is 3. The third-order valence-corrected chi connectivity index (χ3v) is 4.37. The molecular formula is C19H38O5. The first kappa shape index (κ1) is 23.4. The van der Waals surface area contributed by atoms with Crippen LogP contribution in [0.1, 0.15) is 84.5 Å². The van der Waals surface area contributed by atoms with E-state index in [4.69, 9.17) is 9.84 Å². The Morgan fingerprint density at radius 1 is 0.875 bits per heavy atom. The van der Waals surface area contributed by atoms with Crippen molar-refractivity contribution >= 4 is 5.97 Å². The fourth-order valence-corrected chi connectivity index (χ4v) is 2.75. The molecule has 0 radical (unpaired) electrons. The van der Waals surface area contributed by atoms with Gasteiger partial charge in [-0.05, 0) is 12.8 Å². The molecule has 0 rings (SSSR count). The van der Waals surface area contributed by atoms with Crippen molar-refractivity contribution in [1.29, 1.82) is 0 Å². The zero-order valence-electron chi connectivity index (χ0n) is 15.6. The summed E-state index contributed by atoms with van der Waals surface area (Å²) in [5.41, 5.74) is 0. The van der Waals surface area contributed by atoms with Crippen molar-refractivity contribution in [1.82, 2.24) is 0 Å². The van der Waals surface area contributed by atoms with Gasteiger partial charge in [0, 0.05) is 0 Å². The average molecular weight is 347 g/mol. The molecule has 0 aromatic rings. The van der Waals surface area contributed by atoms with Gasteiger partial charge in [0.15, 0.2) is 0 Å². The number of ether oxygens (including phenoxy) is 1. The van der Waals surface area contributed by atoms with Crippen molar-refractivity contribution in [3.05, 3.63) is 0 Å². The molecule has 0 unspecified atom stereocenters. The molecule has 0 saturated carbocycles. The highest BCUT2D eigenvalue weighted by atomic mass is 16.5. The molecule has 0 bridgehead atoms. The van der Waals surface area contributed by atoms with Gasteiger partial charge >= 0.3 is 5.97 Å². The minimum Gasteiger partial charge on any atom is -0.463 e. The van der Waals surface area contributed by atoms with Crippen LogP contribution in [0.15, 0.2) is 0 Å². The van der Waals surface area contributed by atoms with Crippen LogP contribution in [0.4, 0.5) is 0 Å². The van der Waals surface area contributed by atoms with Crippen LogP contribution in [0.2, 0.25) is 0 Å². The summed E-state index contributed by atoms with van der Waals surface area (Å²) >= 11 is 0. The van der Waals surface area contributed by atoms with E-state index in [1.807, 2.05) is 0 Å². The number of esters is 1. The highest BCUT2D eigenvalue weighted by Crippen LogP contribution is 2.21. The molecule has 0 aromatic heterocycles. The van der Waals surface area contributed by atoms with Gasteiger partial charge in [0.25, 0.3) is 0 Å². The topological polar surface area (TPSA) is 87.0 Å². The van der Waals surface area contributed by atoms with Crippen molar-refractivity contribution < 1.29 is 24.9 Å². The highest BCUT2D eigenvalue weighted by molar-refractivity contribution is 5.73. The van der Waals surface area contributed by atoms with Gasteiger partial charge in [0.05, 0.1) is 18.6 Å². The van der Waals surface area contributed by atoms with Crippen LogP contribution in [-0.2, 0) is 9.53 Å². The van der Waals surface area contributed by atoms with Crippen LogP contribution < -0.4 is 0 Å². The van der Waals surface area contributed by atoms with Crippen molar-refractivity contribution in [3.8, 4) is 0 Å². The summed E-state index contributed by atoms with van der Waals surface area (Å²) in [6.45, 7) is 3.64. The summed E-state index contributed by atoms with van der Waals surface area (Å²) in [6, 6.07) is 0. The van der Waals surface area contributed by atoms with E-state index in [9.17, 15) is 15.0 Å². The van der Waals surface area contributed by atoms with Crippen molar-refractivity contribution in [2.24, 2.45) is 5.92 Å². The number of carbonyl (C=O) groups is 1. The molecule has 3 N–H and O–H groups in total. The minimum absolute atomic E-state index is 0.218. The number of rotatable bonds is 16. The Kier molecular flexibility index (Phi) is 15.4. The van der Waals surface area contributed by atoms with Crippen LogP contribution in [0.5, 0.6) is 0 Å². The Labute approximate surface area is 147 Å². The lowest BCUT2D eigenvalue weighted by molar-refractivity contribution is -0.156. The SMILES string of the molecule is CCCCCCC[C@@H](O)[C@H](CCCCCC)C(=O)OC[C@H](O)CO. The van der Waals surface area contributed by atoms with Gasteiger partial charge < -0.3 is 20.1 Å². The zero-order valence-corrected chi connectivity index (χ0v) is 15.6. The van der Waals surface area contributed by atoms with Gasteiger partial charge in [-0.3, -0.25) is 4.79 Å². The van der Waals surface area contributed by atoms with Crippen molar-refractivity contribution in [2.75, 3.05) is 13.2 Å². The lowest BCUT2D eigenvalue weighted by Gasteiger charge is -2.22. The van der Waals surface area contributed by atoms with E-state index in [2.05, 4.69) is 13.8 Å². The maximum Gasteiger partial charge on any atom is 0.311 e. The molecule has 3 atom stereocenters. The predicted molar refractivity (Wildman–Crippen MR) is 95.7 cm³/mol. The average Bonchev–Trinajstić information content (AvgIpc) is 2.59. The van der Waals surface area contributed by atoms with E-state index in [0.29, 0.717) is 12.8 Å². The Hall–Kier alpha value is -0.650. The van der Waals surface area contributed by atoms with E-state index >= 15 is 0 Å². The van der Waals surface area contributed by atoms with Gasteiger partial charge in [-0.15, -0.1) is 0 Å². The Bertz CT molecular complexity index is 295. The monoisotopic (exact) mass is 346 g/mol. The Morgan fingerprint density at radius 2 is 1.42 bits per heavy atom. The third kappa shape index (κ3) is 11.8. The van der Waals surface area contributed by atoms with E-state index in [-0.39, 0.29) is 6.61 Å². The number of aliphatic hydroxyl groups excluding tert-OH is 3. The summed E-state index contributed by atoms with van der Waals surface area (Å²) in [6.07, 6.45) is 9.21. The summed E-state index contributed by atoms with van der Waals surface area (Å²) in [5.74, 6) is -0.987. The number of carbonyl (C=O) groups excluding carboxylic acids is 1. The van der Waals surface area contributed by atoms with Crippen LogP contribution in [0.3, 0.4) is 0 Å². The molecule has 0 aliphatic heterocycles. The van der Waals surface area contributed by atoms with Crippen molar-refractivity contribution in [3.63, 3.8) is 0 Å². The molecule has 0 amide bonds. The van der Waals surface area contributed by atoms with E-state index in [0.717, 1.165) is 44.9 Å². The van der Waals surface area contributed by atoms with E-state index in [1.54, 1.807) is 0 Å². The molecule has 144 valence electrons. The molecule has 5 nitrogen and oxygen atoms in total. The predicted octanol–water partition coefficient (Wildman–Crippen LogP) is 3.19. The van der Waals surface area contributed by atoms with Gasteiger partial charge in [-0.25, -0.2) is 0 Å². The number of unbranched alkanes of at least 4 members (excludes halogenated alkanes) is 7. The lowest BCUT2D eigenvalue weighted by Crippen LogP contribution is -2.32. The first-order chi connectivity index (χ1) is 11.6. The first-order valence-electron chi connectivity index (χ1n) is 9.70. The Balaban J connectivity index is 4.34. The molecule has 0 heterocycles. The van der Waals surface area contributed by atoms with Crippen molar-refractivity contribution in [2.45, 2.75) is 96.7 Å². The normalized spacial score (nSPS) is 15.0. The standard InChI is InChI=1S/C19H38O5/c1-3-5-7-9-11-13-18(22)17(12-10-8-6-4-2)19(23)24-15-16(21)14-20/h16-18,20-22H,3-15H2,1-2H3/t16-,17+,18-/m1/s1. The Morgan fingerprint density at radius 3 is 2.00 bits per heavy atom. The third-order valence-electron chi connectivity index (χ3n) is 4.37. The van der Waals surface area contributed by atoms with Crippen LogP contribution >= 0.6 is 0 Å². The van der Waals surface area contributed by atoms with E-state index in [1.165, 1.54) is 12.8 Å². The molecule has 0 spiro atoms. The van der Waals surface area contributed by atoms with Gasteiger partial charge in [-0.2, -0.15) is 0 Å². The number of aliphatic hydroxyl groups is 3. The fraction of sp³-hybridized carbons (Fsp3) is 0.947. The number of hydrogen-bond acceptors (Lipinski definition) is 5. The molecule has 0 aliphatic rings. The molecular weight excluding hydrogens is 308 g/mol. The zero-order chi connectivity index (χ0) is 18.2. The summed E-state index contributed by atoms with van der Waals surface area (Å²) < 4.78 is 5.07. The van der Waals surface area contributed by atoms with Crippen LogP contribution in [-0.4, -0.2) is 46.7 Å².